The molecule has 6 nitrogen and oxygen atoms in total. The Balaban J connectivity index is 1.46. The maximum atomic E-state index is 6.89. The second kappa shape index (κ2) is 11.0. The van der Waals surface area contributed by atoms with Crippen molar-refractivity contribution in [1.82, 2.24) is 4.90 Å². The molecule has 4 rings (SSSR count). The zero-order valence-corrected chi connectivity index (χ0v) is 20.2. The fraction of sp³-hybridized carbons (Fsp3) is 0.500. The quantitative estimate of drug-likeness (QED) is 0.379. The van der Waals surface area contributed by atoms with Crippen LogP contribution >= 0.6 is 11.6 Å². The molecular formula is C26H32ClN3O3. The predicted octanol–water partition coefficient (Wildman–Crippen LogP) is 5.46. The molecule has 2 aliphatic heterocycles. The molecule has 0 spiro atoms. The Bertz CT molecular complexity index is 993. The van der Waals surface area contributed by atoms with E-state index in [1.54, 1.807) is 14.2 Å². The topological polar surface area (TPSA) is 38.5 Å². The molecule has 0 N–H and O–H groups in total. The van der Waals surface area contributed by atoms with E-state index >= 15 is 0 Å². The zero-order chi connectivity index (χ0) is 23.2. The lowest BCUT2D eigenvalue weighted by Crippen LogP contribution is -2.55. The summed E-state index contributed by atoms with van der Waals surface area (Å²) in [7, 11) is 3.35. The number of hydrogen-bond donors (Lipinski definition) is 0. The molecule has 0 aliphatic carbocycles. The van der Waals surface area contributed by atoms with Crippen LogP contribution in [0.5, 0.6) is 17.2 Å². The Hall–Kier alpha value is -2.62. The monoisotopic (exact) mass is 469 g/mol. The van der Waals surface area contributed by atoms with E-state index in [0.717, 1.165) is 49.7 Å². The van der Waals surface area contributed by atoms with Crippen molar-refractivity contribution in [3.8, 4) is 17.2 Å². The summed E-state index contributed by atoms with van der Waals surface area (Å²) in [5.74, 6) is 2.24. The molecule has 0 saturated carbocycles. The van der Waals surface area contributed by atoms with Gasteiger partial charge in [-0.15, -0.1) is 0 Å². The highest BCUT2D eigenvalue weighted by atomic mass is 35.5. The van der Waals surface area contributed by atoms with Crippen molar-refractivity contribution in [1.29, 1.82) is 0 Å². The van der Waals surface area contributed by atoms with E-state index in [-0.39, 0.29) is 0 Å². The minimum absolute atomic E-state index is 0.385. The number of halogens is 1. The minimum Gasteiger partial charge on any atom is -0.495 e. The first-order chi connectivity index (χ1) is 16.1. The van der Waals surface area contributed by atoms with Crippen molar-refractivity contribution < 1.29 is 14.2 Å². The predicted molar refractivity (Wildman–Crippen MR) is 132 cm³/mol. The fourth-order valence-electron chi connectivity index (χ4n) is 5.02. The van der Waals surface area contributed by atoms with E-state index < -0.39 is 0 Å². The lowest BCUT2D eigenvalue weighted by atomic mass is 9.89. The summed E-state index contributed by atoms with van der Waals surface area (Å²) in [6, 6.07) is 13.3. The molecule has 7 heteroatoms. The number of anilines is 1. The summed E-state index contributed by atoms with van der Waals surface area (Å²) >= 11 is 6.23. The molecule has 33 heavy (non-hydrogen) atoms. The Morgan fingerprint density at radius 1 is 1.03 bits per heavy atom. The highest BCUT2D eigenvalue weighted by Crippen LogP contribution is 2.40. The first kappa shape index (κ1) is 23.5. The number of piperazine rings is 1. The van der Waals surface area contributed by atoms with Gasteiger partial charge in [0.15, 0.2) is 11.5 Å². The number of nitrogens with zero attached hydrogens (tertiary/aromatic N) is 3. The van der Waals surface area contributed by atoms with Crippen LogP contribution in [0.4, 0.5) is 5.69 Å². The lowest BCUT2D eigenvalue weighted by molar-refractivity contribution is 0.0715. The molecule has 2 atom stereocenters. The van der Waals surface area contributed by atoms with Gasteiger partial charge in [0.25, 0.3) is 0 Å². The maximum Gasteiger partial charge on any atom is 0.217 e. The first-order valence-corrected chi connectivity index (χ1v) is 12.0. The first-order valence-electron chi connectivity index (χ1n) is 11.6. The Labute approximate surface area is 201 Å². The third-order valence-electron chi connectivity index (χ3n) is 6.69. The van der Waals surface area contributed by atoms with Crippen LogP contribution < -0.4 is 19.1 Å². The molecule has 2 saturated heterocycles. The fourth-order valence-corrected chi connectivity index (χ4v) is 5.22. The number of methoxy groups -OCH3 is 2. The van der Waals surface area contributed by atoms with Gasteiger partial charge in [-0.3, -0.25) is 4.90 Å². The number of rotatable bonds is 8. The molecule has 0 amide bonds. The van der Waals surface area contributed by atoms with Crippen molar-refractivity contribution in [2.24, 2.45) is 0 Å². The molecule has 2 fully saturated rings. The van der Waals surface area contributed by atoms with Gasteiger partial charge in [-0.2, -0.15) is 0 Å². The van der Waals surface area contributed by atoms with Crippen LogP contribution in [0.25, 0.3) is 4.85 Å². The third-order valence-corrected chi connectivity index (χ3v) is 7.00. The number of fused-ring (bicyclic) bond motifs is 1. The van der Waals surface area contributed by atoms with Crippen LogP contribution in [0.3, 0.4) is 0 Å². The number of hydrogen-bond acceptors (Lipinski definition) is 5. The second-order valence-corrected chi connectivity index (χ2v) is 9.00. The third kappa shape index (κ3) is 5.31. The van der Waals surface area contributed by atoms with Crippen molar-refractivity contribution >= 4 is 17.3 Å². The maximum absolute atomic E-state index is 6.89. The van der Waals surface area contributed by atoms with Crippen LogP contribution in [0.1, 0.15) is 37.3 Å². The lowest BCUT2D eigenvalue weighted by Gasteiger charge is -2.49. The SMILES string of the molecule is [C-]#[N+]CCCOc1ccc([C@H]2CCC[C@H]3CN(c4ccc(Cl)c(OC)c4)CCN32)cc1OC. The molecule has 0 unspecified atom stereocenters. The van der Waals surface area contributed by atoms with Gasteiger partial charge in [0, 0.05) is 43.5 Å². The molecule has 2 heterocycles. The second-order valence-electron chi connectivity index (χ2n) is 8.60. The van der Waals surface area contributed by atoms with Crippen LogP contribution in [-0.2, 0) is 0 Å². The Morgan fingerprint density at radius 2 is 1.88 bits per heavy atom. The van der Waals surface area contributed by atoms with Crippen molar-refractivity contribution in [2.75, 3.05) is 51.9 Å². The molecule has 176 valence electrons. The summed E-state index contributed by atoms with van der Waals surface area (Å²) in [4.78, 5) is 8.49. The van der Waals surface area contributed by atoms with E-state index in [1.807, 2.05) is 18.2 Å². The van der Waals surface area contributed by atoms with Crippen molar-refractivity contribution in [3.05, 3.63) is 58.4 Å². The summed E-state index contributed by atoms with van der Waals surface area (Å²) < 4.78 is 16.9. The molecule has 0 aromatic heterocycles. The van der Waals surface area contributed by atoms with Crippen molar-refractivity contribution in [3.63, 3.8) is 0 Å². The van der Waals surface area contributed by atoms with E-state index in [4.69, 9.17) is 32.4 Å². The largest absolute Gasteiger partial charge is 0.495 e. The summed E-state index contributed by atoms with van der Waals surface area (Å²) in [6.45, 7) is 10.9. The Kier molecular flexibility index (Phi) is 7.85. The number of piperidine rings is 1. The average molecular weight is 470 g/mol. The molecule has 2 aliphatic rings. The van der Waals surface area contributed by atoms with Gasteiger partial charge in [-0.1, -0.05) is 17.7 Å². The van der Waals surface area contributed by atoms with E-state index in [9.17, 15) is 0 Å². The number of benzene rings is 2. The van der Waals surface area contributed by atoms with Gasteiger partial charge < -0.3 is 24.0 Å². The van der Waals surface area contributed by atoms with Gasteiger partial charge in [0.2, 0.25) is 6.54 Å². The summed E-state index contributed by atoms with van der Waals surface area (Å²) in [5, 5.41) is 0.644. The van der Waals surface area contributed by atoms with Gasteiger partial charge in [0.05, 0.1) is 32.3 Å². The summed E-state index contributed by atoms with van der Waals surface area (Å²) in [6.07, 6.45) is 4.29. The molecule has 0 radical (unpaired) electrons. The molecule has 2 aromatic rings. The normalized spacial score (nSPS) is 20.6. The van der Waals surface area contributed by atoms with Gasteiger partial charge in [-0.05, 0) is 49.1 Å². The average Bonchev–Trinajstić information content (AvgIpc) is 2.86. The zero-order valence-electron chi connectivity index (χ0n) is 19.4. The standard InChI is InChI=1S/C26H32ClN3O3/c1-28-12-5-15-33-24-11-8-19(16-26(24)32-3)23-7-4-6-21-18-29(13-14-30(21)23)20-9-10-22(27)25(17-20)31-2/h8-11,16-17,21,23H,4-7,12-15,18H2,2-3H3/t21-,23+/m0/s1. The minimum atomic E-state index is 0.385. The highest BCUT2D eigenvalue weighted by Gasteiger charge is 2.36. The molecular weight excluding hydrogens is 438 g/mol. The van der Waals surface area contributed by atoms with Gasteiger partial charge in [0.1, 0.15) is 5.75 Å². The van der Waals surface area contributed by atoms with Crippen molar-refractivity contribution in [2.45, 2.75) is 37.8 Å². The highest BCUT2D eigenvalue weighted by molar-refractivity contribution is 6.32. The van der Waals surface area contributed by atoms with Gasteiger partial charge >= 0.3 is 0 Å². The van der Waals surface area contributed by atoms with E-state index in [2.05, 4.69) is 32.8 Å². The van der Waals surface area contributed by atoms with Crippen LogP contribution in [0.15, 0.2) is 36.4 Å². The van der Waals surface area contributed by atoms with Crippen LogP contribution in [0, 0.1) is 6.57 Å². The Morgan fingerprint density at radius 3 is 2.67 bits per heavy atom. The van der Waals surface area contributed by atoms with Crippen LogP contribution in [-0.4, -0.2) is 57.9 Å². The summed E-state index contributed by atoms with van der Waals surface area (Å²) in [5.41, 5.74) is 2.45. The van der Waals surface area contributed by atoms with E-state index in [1.165, 1.54) is 24.1 Å². The molecule has 2 aromatic carbocycles. The van der Waals surface area contributed by atoms with Crippen LogP contribution in [0.2, 0.25) is 5.02 Å². The van der Waals surface area contributed by atoms with E-state index in [0.29, 0.717) is 30.3 Å². The molecule has 0 bridgehead atoms. The van der Waals surface area contributed by atoms with Gasteiger partial charge in [-0.25, -0.2) is 6.57 Å². The number of ether oxygens (including phenoxy) is 3. The smallest absolute Gasteiger partial charge is 0.217 e.